The van der Waals surface area contributed by atoms with Crippen molar-refractivity contribution in [1.82, 2.24) is 15.5 Å². The first kappa shape index (κ1) is 19.0. The number of carbonyl (C=O) groups excluding carboxylic acids is 2. The third-order valence-corrected chi connectivity index (χ3v) is 6.20. The minimum absolute atomic E-state index is 0.0178. The quantitative estimate of drug-likeness (QED) is 0.755. The first-order chi connectivity index (χ1) is 12.6. The second-order valence-electron chi connectivity index (χ2n) is 6.08. The molecule has 0 aliphatic carbocycles. The lowest BCUT2D eigenvalue weighted by Gasteiger charge is -2.34. The largest absolute Gasteiger partial charge is 0.379 e. The summed E-state index contributed by atoms with van der Waals surface area (Å²) in [5.41, 5.74) is 0. The Bertz CT molecular complexity index is 724. The van der Waals surface area contributed by atoms with Gasteiger partial charge in [-0.2, -0.15) is 0 Å². The molecule has 2 aromatic rings. The lowest BCUT2D eigenvalue weighted by Crippen LogP contribution is -2.45. The van der Waals surface area contributed by atoms with Gasteiger partial charge in [-0.15, -0.1) is 22.7 Å². The van der Waals surface area contributed by atoms with Crippen molar-refractivity contribution in [2.45, 2.75) is 13.0 Å². The molecule has 0 spiro atoms. The predicted molar refractivity (Wildman–Crippen MR) is 104 cm³/mol. The molecule has 1 aliphatic rings. The number of carbonyl (C=O) groups is 2. The van der Waals surface area contributed by atoms with Crippen LogP contribution in [0.3, 0.4) is 0 Å². The first-order valence-electron chi connectivity index (χ1n) is 8.60. The van der Waals surface area contributed by atoms with E-state index < -0.39 is 0 Å². The zero-order valence-electron chi connectivity index (χ0n) is 14.7. The maximum absolute atomic E-state index is 12.2. The third-order valence-electron chi connectivity index (χ3n) is 4.22. The summed E-state index contributed by atoms with van der Waals surface area (Å²) in [5.74, 6) is -0.386. The van der Waals surface area contributed by atoms with Crippen LogP contribution in [-0.2, 0) is 9.53 Å². The van der Waals surface area contributed by atoms with Gasteiger partial charge >= 0.3 is 0 Å². The summed E-state index contributed by atoms with van der Waals surface area (Å²) < 4.78 is 5.43. The molecule has 6 nitrogen and oxygen atoms in total. The van der Waals surface area contributed by atoms with E-state index in [1.165, 1.54) is 16.2 Å². The Morgan fingerprint density at radius 1 is 1.23 bits per heavy atom. The maximum Gasteiger partial charge on any atom is 0.261 e. The summed E-state index contributed by atoms with van der Waals surface area (Å²) in [6, 6.07) is 7.93. The summed E-state index contributed by atoms with van der Waals surface area (Å²) in [5, 5.41) is 7.68. The van der Waals surface area contributed by atoms with Crippen LogP contribution in [0.25, 0.3) is 0 Å². The van der Waals surface area contributed by atoms with Crippen LogP contribution in [0.2, 0.25) is 0 Å². The summed E-state index contributed by atoms with van der Waals surface area (Å²) in [6.07, 6.45) is 0. The molecule has 1 unspecified atom stereocenters. The molecule has 1 fully saturated rings. The fourth-order valence-electron chi connectivity index (χ4n) is 2.86. The average Bonchev–Trinajstić information content (AvgIpc) is 3.33. The van der Waals surface area contributed by atoms with Gasteiger partial charge in [-0.1, -0.05) is 6.07 Å². The molecule has 0 aromatic carbocycles. The van der Waals surface area contributed by atoms with Gasteiger partial charge in [-0.05, 0) is 30.5 Å². The Kier molecular flexibility index (Phi) is 6.79. The fraction of sp³-hybridized carbons (Fsp3) is 0.444. The zero-order valence-corrected chi connectivity index (χ0v) is 16.3. The van der Waals surface area contributed by atoms with Gasteiger partial charge in [-0.3, -0.25) is 14.5 Å². The number of aryl methyl sites for hydroxylation is 1. The average molecular weight is 394 g/mol. The lowest BCUT2D eigenvalue weighted by atomic mass is 10.2. The van der Waals surface area contributed by atoms with E-state index in [-0.39, 0.29) is 24.4 Å². The summed E-state index contributed by atoms with van der Waals surface area (Å²) in [6.45, 7) is 5.59. The van der Waals surface area contributed by atoms with Gasteiger partial charge in [0.2, 0.25) is 5.91 Å². The van der Waals surface area contributed by atoms with Crippen LogP contribution in [0.1, 0.15) is 25.5 Å². The van der Waals surface area contributed by atoms with Crippen molar-refractivity contribution in [2.24, 2.45) is 0 Å². The molecule has 2 aromatic heterocycles. The molecule has 3 heterocycles. The van der Waals surface area contributed by atoms with Crippen LogP contribution in [0.15, 0.2) is 29.6 Å². The number of nitrogens with one attached hydrogen (secondary N) is 2. The molecule has 1 saturated heterocycles. The van der Waals surface area contributed by atoms with E-state index in [9.17, 15) is 9.59 Å². The van der Waals surface area contributed by atoms with E-state index in [1.807, 2.05) is 24.4 Å². The predicted octanol–water partition coefficient (Wildman–Crippen LogP) is 2.04. The number of hydrogen-bond donors (Lipinski definition) is 2. The Morgan fingerprint density at radius 2 is 2.04 bits per heavy atom. The maximum atomic E-state index is 12.2. The monoisotopic (exact) mass is 393 g/mol. The van der Waals surface area contributed by atoms with E-state index in [0.29, 0.717) is 24.6 Å². The van der Waals surface area contributed by atoms with Crippen molar-refractivity contribution in [1.29, 1.82) is 0 Å². The second-order valence-corrected chi connectivity index (χ2v) is 8.34. The molecular formula is C18H23N3O3S2. The van der Waals surface area contributed by atoms with Gasteiger partial charge in [-0.25, -0.2) is 0 Å². The fourth-order valence-corrected chi connectivity index (χ4v) is 4.50. The Balaban J connectivity index is 1.50. The van der Waals surface area contributed by atoms with Crippen molar-refractivity contribution in [3.8, 4) is 0 Å². The van der Waals surface area contributed by atoms with E-state index >= 15 is 0 Å². The van der Waals surface area contributed by atoms with E-state index in [2.05, 4.69) is 21.6 Å². The first-order valence-corrected chi connectivity index (χ1v) is 10.3. The third kappa shape index (κ3) is 5.14. The molecule has 1 atom stereocenters. The van der Waals surface area contributed by atoms with Gasteiger partial charge in [0.15, 0.2) is 0 Å². The number of rotatable bonds is 7. The number of hydrogen-bond acceptors (Lipinski definition) is 6. The van der Waals surface area contributed by atoms with Crippen LogP contribution in [0.5, 0.6) is 0 Å². The normalized spacial score (nSPS) is 16.2. The summed E-state index contributed by atoms with van der Waals surface area (Å²) in [4.78, 5) is 29.5. The molecule has 0 radical (unpaired) electrons. The molecule has 0 bridgehead atoms. The second kappa shape index (κ2) is 9.27. The minimum atomic E-state index is -0.207. The van der Waals surface area contributed by atoms with Crippen molar-refractivity contribution in [3.05, 3.63) is 44.3 Å². The van der Waals surface area contributed by atoms with Crippen molar-refractivity contribution >= 4 is 34.5 Å². The molecular weight excluding hydrogens is 370 g/mol. The molecule has 1 aliphatic heterocycles. The molecule has 8 heteroatoms. The standard InChI is InChI=1S/C18H23N3O3S2/c1-13-4-5-16(26-13)18(23)20-12-17(22)19-11-14(15-3-2-10-25-15)21-6-8-24-9-7-21/h2-5,10,14H,6-9,11-12H2,1H3,(H,19,22)(H,20,23). The molecule has 0 saturated carbocycles. The van der Waals surface area contributed by atoms with Gasteiger partial charge in [0, 0.05) is 29.4 Å². The van der Waals surface area contributed by atoms with Gasteiger partial charge in [0.25, 0.3) is 5.91 Å². The van der Waals surface area contributed by atoms with E-state index in [1.54, 1.807) is 17.4 Å². The number of morpholine rings is 1. The van der Waals surface area contributed by atoms with Crippen LogP contribution in [-0.4, -0.2) is 56.1 Å². The Hall–Kier alpha value is -1.74. The topological polar surface area (TPSA) is 70.7 Å². The number of thiophene rings is 2. The van der Waals surface area contributed by atoms with Crippen molar-refractivity contribution in [3.63, 3.8) is 0 Å². The molecule has 2 N–H and O–H groups in total. The van der Waals surface area contributed by atoms with E-state index in [4.69, 9.17) is 4.74 Å². The highest BCUT2D eigenvalue weighted by Gasteiger charge is 2.24. The Morgan fingerprint density at radius 3 is 2.69 bits per heavy atom. The highest BCUT2D eigenvalue weighted by Crippen LogP contribution is 2.25. The molecule has 3 rings (SSSR count). The molecule has 2 amide bonds. The highest BCUT2D eigenvalue weighted by atomic mass is 32.1. The van der Waals surface area contributed by atoms with Crippen LogP contribution in [0.4, 0.5) is 0 Å². The highest BCUT2D eigenvalue weighted by molar-refractivity contribution is 7.13. The smallest absolute Gasteiger partial charge is 0.261 e. The molecule has 26 heavy (non-hydrogen) atoms. The Labute approximate surface area is 161 Å². The molecule has 140 valence electrons. The number of ether oxygens (including phenoxy) is 1. The van der Waals surface area contributed by atoms with Crippen LogP contribution >= 0.6 is 22.7 Å². The van der Waals surface area contributed by atoms with Gasteiger partial charge in [0.1, 0.15) is 0 Å². The zero-order chi connectivity index (χ0) is 18.4. The van der Waals surface area contributed by atoms with Crippen LogP contribution < -0.4 is 10.6 Å². The summed E-state index contributed by atoms with van der Waals surface area (Å²) >= 11 is 3.11. The van der Waals surface area contributed by atoms with Gasteiger partial charge < -0.3 is 15.4 Å². The van der Waals surface area contributed by atoms with Crippen LogP contribution in [0, 0.1) is 6.92 Å². The number of nitrogens with zero attached hydrogens (tertiary/aromatic N) is 1. The lowest BCUT2D eigenvalue weighted by molar-refractivity contribution is -0.120. The van der Waals surface area contributed by atoms with Crippen molar-refractivity contribution in [2.75, 3.05) is 39.4 Å². The SMILES string of the molecule is Cc1ccc(C(=O)NCC(=O)NCC(c2cccs2)N2CCOCC2)s1. The van der Waals surface area contributed by atoms with Gasteiger partial charge in [0.05, 0.1) is 30.7 Å². The summed E-state index contributed by atoms with van der Waals surface area (Å²) in [7, 11) is 0. The van der Waals surface area contributed by atoms with Crippen molar-refractivity contribution < 1.29 is 14.3 Å². The minimum Gasteiger partial charge on any atom is -0.379 e. The number of amides is 2. The van der Waals surface area contributed by atoms with E-state index in [0.717, 1.165) is 18.0 Å².